The molecule has 0 atom stereocenters. The standard InChI is InChI=1S/C11H7ClN.Rh/c12-10-5-3-4-9(8-10)11-6-1-2-7-13-11;/h1-3,5-8H;/q-1;. The van der Waals surface area contributed by atoms with Gasteiger partial charge in [-0.05, 0) is 16.8 Å². The van der Waals surface area contributed by atoms with Crippen LogP contribution >= 0.6 is 11.6 Å². The second kappa shape index (κ2) is 5.24. The molecule has 0 amide bonds. The van der Waals surface area contributed by atoms with Gasteiger partial charge in [-0.1, -0.05) is 12.1 Å². The van der Waals surface area contributed by atoms with E-state index >= 15 is 0 Å². The Labute approximate surface area is 101 Å². The number of halogens is 1. The molecular formula is C11H7ClNRh-. The first-order valence-electron chi connectivity index (χ1n) is 3.95. The summed E-state index contributed by atoms with van der Waals surface area (Å²) in [5.74, 6) is 0. The molecule has 0 saturated heterocycles. The number of nitrogens with zero attached hydrogens (tertiary/aromatic N) is 1. The molecule has 2 rings (SSSR count). The SMILES string of the molecule is Clc1cc[c-]c(-c2ccccn2)c1.[Rh]. The zero-order valence-corrected chi connectivity index (χ0v) is 9.59. The Kier molecular flexibility index (Phi) is 4.25. The molecule has 1 radical (unpaired) electrons. The zero-order chi connectivity index (χ0) is 9.10. The molecule has 1 aromatic carbocycles. The molecule has 0 aliphatic rings. The van der Waals surface area contributed by atoms with Crippen LogP contribution < -0.4 is 0 Å². The molecule has 2 aromatic rings. The second-order valence-electron chi connectivity index (χ2n) is 2.64. The van der Waals surface area contributed by atoms with E-state index in [1.165, 1.54) is 0 Å². The van der Waals surface area contributed by atoms with Gasteiger partial charge in [0.15, 0.2) is 0 Å². The van der Waals surface area contributed by atoms with E-state index in [9.17, 15) is 0 Å². The van der Waals surface area contributed by atoms with Crippen molar-refractivity contribution in [2.24, 2.45) is 0 Å². The average molecular weight is 292 g/mol. The van der Waals surface area contributed by atoms with Gasteiger partial charge in [0.1, 0.15) is 0 Å². The Hall–Kier alpha value is -0.717. The van der Waals surface area contributed by atoms with E-state index in [1.54, 1.807) is 18.3 Å². The van der Waals surface area contributed by atoms with Crippen molar-refractivity contribution in [3.8, 4) is 11.3 Å². The van der Waals surface area contributed by atoms with Crippen molar-refractivity contribution >= 4 is 11.6 Å². The topological polar surface area (TPSA) is 12.9 Å². The number of aromatic nitrogens is 1. The van der Waals surface area contributed by atoms with Crippen LogP contribution in [0.3, 0.4) is 0 Å². The fourth-order valence-corrected chi connectivity index (χ4v) is 1.28. The van der Waals surface area contributed by atoms with Gasteiger partial charge in [0.2, 0.25) is 0 Å². The van der Waals surface area contributed by atoms with Crippen molar-refractivity contribution in [1.29, 1.82) is 0 Å². The largest absolute Gasteiger partial charge is 0.305 e. The molecule has 0 aliphatic heterocycles. The summed E-state index contributed by atoms with van der Waals surface area (Å²) in [6.45, 7) is 0. The van der Waals surface area contributed by atoms with Crippen LogP contribution in [-0.4, -0.2) is 4.98 Å². The van der Waals surface area contributed by atoms with Crippen molar-refractivity contribution in [3.05, 3.63) is 53.7 Å². The van der Waals surface area contributed by atoms with Crippen molar-refractivity contribution in [1.82, 2.24) is 4.98 Å². The van der Waals surface area contributed by atoms with Gasteiger partial charge >= 0.3 is 0 Å². The maximum Gasteiger partial charge on any atom is 0.0160 e. The minimum atomic E-state index is 0. The van der Waals surface area contributed by atoms with Crippen LogP contribution in [0.15, 0.2) is 42.6 Å². The summed E-state index contributed by atoms with van der Waals surface area (Å²) in [7, 11) is 0. The summed E-state index contributed by atoms with van der Waals surface area (Å²) in [6.07, 6.45) is 1.75. The summed E-state index contributed by atoms with van der Waals surface area (Å²) in [5.41, 5.74) is 1.82. The molecule has 0 fully saturated rings. The zero-order valence-electron chi connectivity index (χ0n) is 7.20. The molecule has 1 aromatic heterocycles. The molecule has 0 saturated carbocycles. The number of hydrogen-bond donors (Lipinski definition) is 0. The predicted molar refractivity (Wildman–Crippen MR) is 53.5 cm³/mol. The molecule has 0 spiro atoms. The molecule has 0 aliphatic carbocycles. The van der Waals surface area contributed by atoms with Crippen LogP contribution in [0.1, 0.15) is 0 Å². The van der Waals surface area contributed by atoms with Gasteiger partial charge in [-0.3, -0.25) is 0 Å². The molecule has 1 heterocycles. The first kappa shape index (κ1) is 11.4. The second-order valence-corrected chi connectivity index (χ2v) is 3.07. The maximum absolute atomic E-state index is 5.85. The van der Waals surface area contributed by atoms with E-state index in [4.69, 9.17) is 11.6 Å². The molecule has 3 heteroatoms. The van der Waals surface area contributed by atoms with Crippen LogP contribution in [0.25, 0.3) is 11.3 Å². The monoisotopic (exact) mass is 291 g/mol. The first-order chi connectivity index (χ1) is 6.36. The summed E-state index contributed by atoms with van der Waals surface area (Å²) in [5, 5.41) is 0.708. The normalized spacial score (nSPS) is 9.21. The Balaban J connectivity index is 0.000000980. The smallest absolute Gasteiger partial charge is 0.0160 e. The van der Waals surface area contributed by atoms with Crippen LogP contribution in [-0.2, 0) is 19.5 Å². The molecule has 14 heavy (non-hydrogen) atoms. The number of benzene rings is 1. The van der Waals surface area contributed by atoms with Gasteiger partial charge in [-0.2, -0.15) is 0 Å². The Morgan fingerprint density at radius 3 is 2.71 bits per heavy atom. The van der Waals surface area contributed by atoms with Gasteiger partial charge in [-0.15, -0.1) is 41.4 Å². The van der Waals surface area contributed by atoms with Gasteiger partial charge in [0.05, 0.1) is 0 Å². The number of rotatable bonds is 1. The number of hydrogen-bond acceptors (Lipinski definition) is 1. The van der Waals surface area contributed by atoms with E-state index in [2.05, 4.69) is 11.1 Å². The van der Waals surface area contributed by atoms with Gasteiger partial charge < -0.3 is 4.98 Å². The Morgan fingerprint density at radius 2 is 2.07 bits per heavy atom. The predicted octanol–water partition coefficient (Wildman–Crippen LogP) is 3.20. The number of pyridine rings is 1. The summed E-state index contributed by atoms with van der Waals surface area (Å²) in [4.78, 5) is 4.20. The van der Waals surface area contributed by atoms with Crippen LogP contribution in [0.4, 0.5) is 0 Å². The van der Waals surface area contributed by atoms with Crippen LogP contribution in [0, 0.1) is 6.07 Å². The Morgan fingerprint density at radius 1 is 1.21 bits per heavy atom. The van der Waals surface area contributed by atoms with Crippen LogP contribution in [0.2, 0.25) is 5.02 Å². The molecule has 0 unspecified atom stereocenters. The van der Waals surface area contributed by atoms with E-state index in [-0.39, 0.29) is 19.5 Å². The van der Waals surface area contributed by atoms with Crippen molar-refractivity contribution in [2.75, 3.05) is 0 Å². The summed E-state index contributed by atoms with van der Waals surface area (Å²) >= 11 is 5.85. The summed E-state index contributed by atoms with van der Waals surface area (Å²) in [6, 6.07) is 14.3. The van der Waals surface area contributed by atoms with Crippen molar-refractivity contribution in [2.45, 2.75) is 0 Å². The average Bonchev–Trinajstić information content (AvgIpc) is 2.19. The third-order valence-corrected chi connectivity index (χ3v) is 1.94. The van der Waals surface area contributed by atoms with Crippen LogP contribution in [0.5, 0.6) is 0 Å². The van der Waals surface area contributed by atoms with E-state index < -0.39 is 0 Å². The molecule has 0 N–H and O–H groups in total. The third-order valence-electron chi connectivity index (χ3n) is 1.70. The van der Waals surface area contributed by atoms with E-state index in [0.717, 1.165) is 11.3 Å². The van der Waals surface area contributed by atoms with Crippen molar-refractivity contribution in [3.63, 3.8) is 0 Å². The maximum atomic E-state index is 5.85. The fourth-order valence-electron chi connectivity index (χ4n) is 1.11. The quantitative estimate of drug-likeness (QED) is 0.581. The molecule has 1 nitrogen and oxygen atoms in total. The minimum Gasteiger partial charge on any atom is -0.305 e. The van der Waals surface area contributed by atoms with E-state index in [1.807, 2.05) is 24.3 Å². The Bertz CT molecular complexity index is 403. The first-order valence-corrected chi connectivity index (χ1v) is 4.33. The third kappa shape index (κ3) is 2.63. The molecular weight excluding hydrogens is 284 g/mol. The van der Waals surface area contributed by atoms with Gasteiger partial charge in [0, 0.05) is 25.7 Å². The summed E-state index contributed by atoms with van der Waals surface area (Å²) < 4.78 is 0. The van der Waals surface area contributed by atoms with Crippen molar-refractivity contribution < 1.29 is 19.5 Å². The van der Waals surface area contributed by atoms with Gasteiger partial charge in [-0.25, -0.2) is 0 Å². The van der Waals surface area contributed by atoms with Gasteiger partial charge in [0.25, 0.3) is 0 Å². The minimum absolute atomic E-state index is 0. The molecule has 0 bridgehead atoms. The fraction of sp³-hybridized carbons (Fsp3) is 0. The molecule has 73 valence electrons. The van der Waals surface area contributed by atoms with E-state index in [0.29, 0.717) is 5.02 Å².